The maximum absolute atomic E-state index is 11.7. The molecule has 17 rings (SSSR count). The van der Waals surface area contributed by atoms with Crippen molar-refractivity contribution in [1.82, 2.24) is 60.1 Å². The molecule has 17 saturated heterocycles. The molecule has 0 aromatic rings. The zero-order valence-corrected chi connectivity index (χ0v) is 53.0. The molecular formula is C40H68N24O38. The van der Waals surface area contributed by atoms with E-state index in [4.69, 9.17) is 66.3 Å². The summed E-state index contributed by atoms with van der Waals surface area (Å²) in [5.74, 6) is 0. The smallest absolute Gasteiger partial charge is 0.272 e. The molecule has 0 spiro atoms. The van der Waals surface area contributed by atoms with Crippen LogP contribution in [0.1, 0.15) is 0 Å². The molecule has 0 unspecified atom stereocenters. The van der Waals surface area contributed by atoms with Gasteiger partial charge in [0, 0.05) is 0 Å². The van der Waals surface area contributed by atoms with Crippen molar-refractivity contribution in [2.45, 2.75) is 74.0 Å². The van der Waals surface area contributed by atoms with Crippen LogP contribution in [0.4, 0.5) is 0 Å². The molecule has 0 N–H and O–H groups in total. The first-order valence-corrected chi connectivity index (χ1v) is 30.1. The van der Waals surface area contributed by atoms with Crippen molar-refractivity contribution in [2.24, 2.45) is 0 Å². The highest BCUT2D eigenvalue weighted by Crippen LogP contribution is 2.53. The minimum Gasteiger partial charge on any atom is -0.377 e. The molecular weight excluding hydrogens is 1420 g/mol. The van der Waals surface area contributed by atoms with E-state index in [1.54, 1.807) is 0 Å². The van der Waals surface area contributed by atoms with Gasteiger partial charge in [-0.05, 0) is 0 Å². The third-order valence-corrected chi connectivity index (χ3v) is 15.6. The van der Waals surface area contributed by atoms with Gasteiger partial charge in [-0.1, -0.05) is 60.1 Å². The number of rotatable bonds is 12. The third kappa shape index (κ3) is 17.8. The summed E-state index contributed by atoms with van der Waals surface area (Å²) >= 11 is 0. The molecule has 576 valence electrons. The van der Waals surface area contributed by atoms with Gasteiger partial charge in [-0.15, -0.1) is 0 Å². The SMILES string of the molecule is C1COCCO1.C1COCCO1.C1COCCO1.C1COCCO1.C1COCCO1.C1COCCO1.C1COCCO1.O=[N+]([O-])N1C2C3N([N+](=O)[O-])[C@H]4[C@@H](N3[N+](=O)[O-])N([N+](=O)[O-])[C@@H]1[C@@H](N2[N+](=O)[O-])N4[N+](=O)[O-].O=[N+]([O-])N1C2C3N([N+](=O)[O-])[C@H]4[C@@H](N3[N+](=O)[O-])N([N+](=O)[O-])[C@@H]1[C@@H](N2[N+](=O)[O-])N4[N+](=O)[O-]. The number of ether oxygens (including phenoxy) is 14. The van der Waals surface area contributed by atoms with Crippen LogP contribution in [0.15, 0.2) is 0 Å². The van der Waals surface area contributed by atoms with Crippen molar-refractivity contribution < 1.29 is 127 Å². The Morgan fingerprint density at radius 2 is 0.186 bits per heavy atom. The number of hydrazine groups is 12. The quantitative estimate of drug-likeness (QED) is 0.129. The van der Waals surface area contributed by atoms with Crippen molar-refractivity contribution in [2.75, 3.05) is 185 Å². The molecule has 17 aliphatic heterocycles. The molecule has 0 amide bonds. The second kappa shape index (κ2) is 37.5. The first-order chi connectivity index (χ1) is 48.9. The van der Waals surface area contributed by atoms with E-state index in [0.29, 0.717) is 0 Å². The van der Waals surface area contributed by atoms with E-state index in [9.17, 15) is 121 Å². The fourth-order valence-electron chi connectivity index (χ4n) is 12.0. The molecule has 0 aromatic heterocycles. The van der Waals surface area contributed by atoms with Crippen LogP contribution in [0.2, 0.25) is 0 Å². The molecule has 17 fully saturated rings. The van der Waals surface area contributed by atoms with Gasteiger partial charge in [-0.25, -0.2) is 121 Å². The highest BCUT2D eigenvalue weighted by Gasteiger charge is 2.91. The van der Waals surface area contributed by atoms with Gasteiger partial charge in [0.1, 0.15) is 0 Å². The highest BCUT2D eigenvalue weighted by molar-refractivity contribution is 5.10. The van der Waals surface area contributed by atoms with Crippen molar-refractivity contribution in [3.8, 4) is 0 Å². The first kappa shape index (κ1) is 79.2. The van der Waals surface area contributed by atoms with Crippen molar-refractivity contribution >= 4 is 0 Å². The van der Waals surface area contributed by atoms with Gasteiger partial charge in [0.05, 0.1) is 185 Å². The molecule has 17 heterocycles. The van der Waals surface area contributed by atoms with Crippen LogP contribution in [0.5, 0.6) is 0 Å². The number of hydrogen-bond donors (Lipinski definition) is 0. The van der Waals surface area contributed by atoms with Crippen LogP contribution in [0, 0.1) is 121 Å². The number of nitro groups is 12. The molecule has 0 atom stereocenters. The fraction of sp³-hybridized carbons (Fsp3) is 1.00. The van der Waals surface area contributed by atoms with Crippen molar-refractivity contribution in [3.05, 3.63) is 121 Å². The minimum absolute atomic E-state index is 0.180. The Balaban J connectivity index is 0.000000183. The predicted octanol–water partition coefficient (Wildman–Crippen LogP) is -7.85. The lowest BCUT2D eigenvalue weighted by atomic mass is 10.2. The summed E-state index contributed by atoms with van der Waals surface area (Å²) in [4.78, 5) is 140. The minimum atomic E-state index is -2.47. The van der Waals surface area contributed by atoms with Crippen LogP contribution in [-0.4, -0.2) is 379 Å². The van der Waals surface area contributed by atoms with E-state index in [1.807, 2.05) is 0 Å². The average Bonchev–Trinajstić information content (AvgIpc) is 1.51. The standard InChI is InChI=1S/2C6H6N12O12.7C4H8O2/c2*19-13(20)7-1-2-8(14(21)22)5(7)6-9(15(23)24)3(11(1)17(27)28)4(10(6)16(25)26)12(2)18(29)30;7*1-2-6-4-3-5-1/h2*1-6H;7*1-4H2/t2*1-,2+,3+,4-,5?,6?;;;;;;;. The van der Waals surface area contributed by atoms with E-state index in [2.05, 4.69) is 0 Å². The second-order valence-corrected chi connectivity index (χ2v) is 21.0. The summed E-state index contributed by atoms with van der Waals surface area (Å²) in [5.41, 5.74) is 0. The molecule has 12 bridgehead atoms. The second-order valence-electron chi connectivity index (χ2n) is 21.0. The van der Waals surface area contributed by atoms with Crippen LogP contribution in [0.25, 0.3) is 0 Å². The van der Waals surface area contributed by atoms with E-state index in [-0.39, 0.29) is 60.1 Å². The Morgan fingerprint density at radius 1 is 0.137 bits per heavy atom. The summed E-state index contributed by atoms with van der Waals surface area (Å²) < 4.78 is 69.2. The van der Waals surface area contributed by atoms with E-state index in [1.165, 1.54) is 0 Å². The maximum atomic E-state index is 11.7. The lowest BCUT2D eigenvalue weighted by molar-refractivity contribution is -0.792. The summed E-state index contributed by atoms with van der Waals surface area (Å²) in [5, 5.41) is 121. The van der Waals surface area contributed by atoms with E-state index in [0.717, 1.165) is 185 Å². The third-order valence-electron chi connectivity index (χ3n) is 15.6. The Morgan fingerprint density at radius 3 is 0.216 bits per heavy atom. The molecule has 0 radical (unpaired) electrons. The number of piperazine rings is 2. The van der Waals surface area contributed by atoms with Crippen LogP contribution >= 0.6 is 0 Å². The zero-order valence-electron chi connectivity index (χ0n) is 53.0. The maximum Gasteiger partial charge on any atom is 0.272 e. The molecule has 0 saturated carbocycles. The largest absolute Gasteiger partial charge is 0.377 e. The Kier molecular flexibility index (Phi) is 29.1. The Labute approximate surface area is 566 Å². The van der Waals surface area contributed by atoms with E-state index >= 15 is 0 Å². The Bertz CT molecular complexity index is 2290. The van der Waals surface area contributed by atoms with E-state index < -0.39 is 134 Å². The number of nitrogens with zero attached hydrogens (tertiary/aromatic N) is 24. The molecule has 62 heteroatoms. The van der Waals surface area contributed by atoms with Gasteiger partial charge < -0.3 is 66.3 Å². The highest BCUT2D eigenvalue weighted by atomic mass is 16.8. The monoisotopic (exact) mass is 1490 g/mol. The number of hydrogen-bond acceptors (Lipinski definition) is 38. The molecule has 62 nitrogen and oxygen atoms in total. The van der Waals surface area contributed by atoms with Gasteiger partial charge in [-0.2, -0.15) is 0 Å². The van der Waals surface area contributed by atoms with Crippen LogP contribution < -0.4 is 0 Å². The average molecular weight is 1490 g/mol. The summed E-state index contributed by atoms with van der Waals surface area (Å²) in [6.07, 6.45) is -28.8. The predicted molar refractivity (Wildman–Crippen MR) is 303 cm³/mol. The molecule has 17 aliphatic rings. The fourth-order valence-corrected chi connectivity index (χ4v) is 12.0. The van der Waals surface area contributed by atoms with Gasteiger partial charge in [-0.3, -0.25) is 0 Å². The van der Waals surface area contributed by atoms with Gasteiger partial charge >= 0.3 is 0 Å². The summed E-state index contributed by atoms with van der Waals surface area (Å²) in [7, 11) is 0. The molecule has 0 aliphatic carbocycles. The normalized spacial score (nSPS) is 29.4. The summed E-state index contributed by atoms with van der Waals surface area (Å²) in [6, 6.07) is 0. The van der Waals surface area contributed by atoms with Crippen molar-refractivity contribution in [1.29, 1.82) is 0 Å². The van der Waals surface area contributed by atoms with Gasteiger partial charge in [0.25, 0.3) is 74.0 Å². The zero-order chi connectivity index (χ0) is 74.5. The lowest BCUT2D eigenvalue weighted by Crippen LogP contribution is -2.77. The van der Waals surface area contributed by atoms with Gasteiger partial charge in [0.2, 0.25) is 0 Å². The summed E-state index contributed by atoms with van der Waals surface area (Å²) in [6.45, 7) is 21.8. The topological polar surface area (TPSA) is 686 Å². The van der Waals surface area contributed by atoms with Crippen molar-refractivity contribution in [3.63, 3.8) is 0 Å². The van der Waals surface area contributed by atoms with Crippen LogP contribution in [0.3, 0.4) is 0 Å². The molecule has 102 heavy (non-hydrogen) atoms. The van der Waals surface area contributed by atoms with Gasteiger partial charge in [0.15, 0.2) is 60.4 Å². The molecule has 0 aromatic carbocycles. The lowest BCUT2D eigenvalue weighted by Gasteiger charge is -2.39. The Hall–Kier alpha value is -10.2. The first-order valence-electron chi connectivity index (χ1n) is 30.1. The van der Waals surface area contributed by atoms with Crippen LogP contribution in [-0.2, 0) is 66.3 Å².